The van der Waals surface area contributed by atoms with Gasteiger partial charge in [0, 0.05) is 11.3 Å². The Kier molecular flexibility index (Phi) is 3.78. The van der Waals surface area contributed by atoms with E-state index in [1.54, 1.807) is 24.3 Å². The second-order valence-electron chi connectivity index (χ2n) is 3.60. The van der Waals surface area contributed by atoms with Gasteiger partial charge in [0.05, 0.1) is 5.69 Å². The number of carbonyl (C=O) groups excluding carboxylic acids is 2. The molecule has 0 aliphatic heterocycles. The first kappa shape index (κ1) is 12.4. The maximum Gasteiger partial charge on any atom is 0.269 e. The van der Waals surface area contributed by atoms with E-state index in [4.69, 9.17) is 0 Å². The van der Waals surface area contributed by atoms with Crippen molar-refractivity contribution in [3.8, 4) is 0 Å². The summed E-state index contributed by atoms with van der Waals surface area (Å²) < 4.78 is 3.77. The van der Waals surface area contributed by atoms with Gasteiger partial charge in [-0.3, -0.25) is 9.59 Å². The summed E-state index contributed by atoms with van der Waals surface area (Å²) in [5.41, 5.74) is 1.91. The highest BCUT2D eigenvalue weighted by Gasteiger charge is 2.14. The van der Waals surface area contributed by atoms with Gasteiger partial charge in [0.15, 0.2) is 0 Å². The van der Waals surface area contributed by atoms with Gasteiger partial charge < -0.3 is 5.32 Å². The van der Waals surface area contributed by atoms with Crippen LogP contribution in [0.2, 0.25) is 0 Å². The lowest BCUT2D eigenvalue weighted by Gasteiger charge is -2.03. The minimum Gasteiger partial charge on any atom is -0.321 e. The Morgan fingerprint density at radius 1 is 1.39 bits per heavy atom. The van der Waals surface area contributed by atoms with Gasteiger partial charge in [0.2, 0.25) is 0 Å². The molecule has 2 aromatic rings. The molecule has 92 valence electrons. The molecule has 6 heteroatoms. The Labute approximate surface area is 108 Å². The fraction of sp³-hybridized carbons (Fsp3) is 0.167. The van der Waals surface area contributed by atoms with Crippen molar-refractivity contribution >= 4 is 29.4 Å². The van der Waals surface area contributed by atoms with E-state index < -0.39 is 0 Å². The molecule has 5 nitrogen and oxygen atoms in total. The number of hydrogen-bond acceptors (Lipinski definition) is 5. The molecule has 0 radical (unpaired) electrons. The zero-order valence-corrected chi connectivity index (χ0v) is 10.5. The molecular formula is C12H11N3O2S. The predicted molar refractivity (Wildman–Crippen MR) is 69.1 cm³/mol. The van der Waals surface area contributed by atoms with Crippen LogP contribution in [0.3, 0.4) is 0 Å². The Morgan fingerprint density at radius 3 is 2.72 bits per heavy atom. The molecule has 0 spiro atoms. The van der Waals surface area contributed by atoms with Gasteiger partial charge in [0.1, 0.15) is 11.2 Å². The van der Waals surface area contributed by atoms with Crippen molar-refractivity contribution in [2.24, 2.45) is 0 Å². The topological polar surface area (TPSA) is 72.0 Å². The number of aldehydes is 1. The van der Waals surface area contributed by atoms with E-state index in [2.05, 4.69) is 14.9 Å². The quantitative estimate of drug-likeness (QED) is 0.856. The average Bonchev–Trinajstić information content (AvgIpc) is 2.88. The lowest BCUT2D eigenvalue weighted by molar-refractivity contribution is 0.102. The van der Waals surface area contributed by atoms with Crippen LogP contribution in [0, 0.1) is 0 Å². The fourth-order valence-corrected chi connectivity index (χ4v) is 2.09. The van der Waals surface area contributed by atoms with Gasteiger partial charge in [-0.15, -0.1) is 5.10 Å². The highest BCUT2D eigenvalue weighted by Crippen LogP contribution is 2.15. The van der Waals surface area contributed by atoms with Gasteiger partial charge in [-0.05, 0) is 42.2 Å². The van der Waals surface area contributed by atoms with E-state index in [9.17, 15) is 9.59 Å². The minimum absolute atomic E-state index is 0.222. The molecule has 0 fully saturated rings. The normalized spacial score (nSPS) is 10.1. The number of nitrogens with zero attached hydrogens (tertiary/aromatic N) is 2. The lowest BCUT2D eigenvalue weighted by Crippen LogP contribution is -2.12. The summed E-state index contributed by atoms with van der Waals surface area (Å²) in [5.74, 6) is -0.222. The number of anilines is 1. The maximum atomic E-state index is 12.0. The number of aromatic nitrogens is 2. The number of carbonyl (C=O) groups is 2. The molecule has 0 saturated carbocycles. The largest absolute Gasteiger partial charge is 0.321 e. The summed E-state index contributed by atoms with van der Waals surface area (Å²) in [5, 5.41) is 6.63. The molecule has 18 heavy (non-hydrogen) atoms. The van der Waals surface area contributed by atoms with Crippen LogP contribution < -0.4 is 5.32 Å². The van der Waals surface area contributed by atoms with Crippen LogP contribution in [0.1, 0.15) is 32.6 Å². The summed E-state index contributed by atoms with van der Waals surface area (Å²) in [6.45, 7) is 1.92. The molecule has 1 N–H and O–H groups in total. The number of rotatable bonds is 4. The molecule has 0 bridgehead atoms. The summed E-state index contributed by atoms with van der Waals surface area (Å²) in [7, 11) is 0. The van der Waals surface area contributed by atoms with Crippen LogP contribution in [-0.4, -0.2) is 21.8 Å². The maximum absolute atomic E-state index is 12.0. The van der Waals surface area contributed by atoms with Gasteiger partial charge in [-0.1, -0.05) is 11.4 Å². The highest BCUT2D eigenvalue weighted by atomic mass is 32.1. The Morgan fingerprint density at radius 2 is 2.11 bits per heavy atom. The Bertz CT molecular complexity index is 563. The Balaban J connectivity index is 2.13. The van der Waals surface area contributed by atoms with E-state index in [1.807, 2.05) is 6.92 Å². The first-order chi connectivity index (χ1) is 8.74. The van der Waals surface area contributed by atoms with Crippen LogP contribution in [0.15, 0.2) is 24.3 Å². The summed E-state index contributed by atoms with van der Waals surface area (Å²) in [4.78, 5) is 23.0. The lowest BCUT2D eigenvalue weighted by atomic mass is 10.2. The molecule has 0 aliphatic rings. The van der Waals surface area contributed by atoms with Gasteiger partial charge in [-0.25, -0.2) is 0 Å². The minimum atomic E-state index is -0.222. The van der Waals surface area contributed by atoms with Crippen LogP contribution >= 0.6 is 11.5 Å². The molecule has 1 aromatic heterocycles. The molecule has 0 atom stereocenters. The van der Waals surface area contributed by atoms with E-state index in [1.165, 1.54) is 0 Å². The third-order valence-corrected chi connectivity index (χ3v) is 3.17. The van der Waals surface area contributed by atoms with Crippen LogP contribution in [0.5, 0.6) is 0 Å². The first-order valence-corrected chi connectivity index (χ1v) is 6.19. The van der Waals surface area contributed by atoms with Gasteiger partial charge in [-0.2, -0.15) is 0 Å². The smallest absolute Gasteiger partial charge is 0.269 e. The summed E-state index contributed by atoms with van der Waals surface area (Å²) in [6, 6.07) is 6.66. The SMILES string of the molecule is CCc1nnsc1C(=O)Nc1ccc(C=O)cc1. The summed E-state index contributed by atoms with van der Waals surface area (Å²) >= 11 is 1.08. The molecule has 0 unspecified atom stereocenters. The zero-order valence-electron chi connectivity index (χ0n) is 9.71. The molecule has 0 aliphatic carbocycles. The molecular weight excluding hydrogens is 250 g/mol. The number of hydrogen-bond donors (Lipinski definition) is 1. The van der Waals surface area contributed by atoms with E-state index >= 15 is 0 Å². The van der Waals surface area contributed by atoms with Crippen molar-refractivity contribution in [2.45, 2.75) is 13.3 Å². The first-order valence-electron chi connectivity index (χ1n) is 5.42. The monoisotopic (exact) mass is 261 g/mol. The average molecular weight is 261 g/mol. The molecule has 0 saturated heterocycles. The van der Waals surface area contributed by atoms with Crippen LogP contribution in [-0.2, 0) is 6.42 Å². The standard InChI is InChI=1S/C12H11N3O2S/c1-2-10-11(18-15-14-10)12(17)13-9-5-3-8(7-16)4-6-9/h3-7H,2H2,1H3,(H,13,17). The number of amides is 1. The van der Waals surface area contributed by atoms with E-state index in [-0.39, 0.29) is 5.91 Å². The van der Waals surface area contributed by atoms with Crippen molar-refractivity contribution in [1.82, 2.24) is 9.59 Å². The van der Waals surface area contributed by atoms with Crippen LogP contribution in [0.4, 0.5) is 5.69 Å². The van der Waals surface area contributed by atoms with Crippen molar-refractivity contribution in [2.75, 3.05) is 5.32 Å². The molecule has 2 rings (SSSR count). The molecule has 1 aromatic carbocycles. The number of nitrogens with one attached hydrogen (secondary N) is 1. The van der Waals surface area contributed by atoms with Crippen molar-refractivity contribution in [3.63, 3.8) is 0 Å². The second-order valence-corrected chi connectivity index (χ2v) is 4.35. The van der Waals surface area contributed by atoms with E-state index in [0.717, 1.165) is 17.8 Å². The molecule has 1 heterocycles. The number of aryl methyl sites for hydroxylation is 1. The second kappa shape index (κ2) is 5.50. The third kappa shape index (κ3) is 2.60. The van der Waals surface area contributed by atoms with Crippen molar-refractivity contribution < 1.29 is 9.59 Å². The number of benzene rings is 1. The zero-order chi connectivity index (χ0) is 13.0. The Hall–Kier alpha value is -2.08. The van der Waals surface area contributed by atoms with Crippen molar-refractivity contribution in [1.29, 1.82) is 0 Å². The summed E-state index contributed by atoms with van der Waals surface area (Å²) in [6.07, 6.45) is 1.43. The molecule has 1 amide bonds. The van der Waals surface area contributed by atoms with Gasteiger partial charge >= 0.3 is 0 Å². The predicted octanol–water partition coefficient (Wildman–Crippen LogP) is 2.17. The third-order valence-electron chi connectivity index (χ3n) is 2.40. The van der Waals surface area contributed by atoms with E-state index in [0.29, 0.717) is 28.2 Å². The highest BCUT2D eigenvalue weighted by molar-refractivity contribution is 7.08. The van der Waals surface area contributed by atoms with Crippen LogP contribution in [0.25, 0.3) is 0 Å². The van der Waals surface area contributed by atoms with Crippen molar-refractivity contribution in [3.05, 3.63) is 40.4 Å². The fourth-order valence-electron chi connectivity index (χ4n) is 1.45. The van der Waals surface area contributed by atoms with Gasteiger partial charge in [0.25, 0.3) is 5.91 Å².